The summed E-state index contributed by atoms with van der Waals surface area (Å²) in [5, 5.41) is 3.60. The fraction of sp³-hybridized carbons (Fsp3) is 0.267. The van der Waals surface area contributed by atoms with Gasteiger partial charge >= 0.3 is 0 Å². The minimum Gasteiger partial charge on any atom is -0.477 e. The lowest BCUT2D eigenvalue weighted by Gasteiger charge is -2.14. The van der Waals surface area contributed by atoms with Crippen LogP contribution in [-0.4, -0.2) is 11.6 Å². The van der Waals surface area contributed by atoms with Crippen molar-refractivity contribution in [2.45, 2.75) is 18.9 Å². The number of aromatic nitrogens is 1. The molecular formula is C15H14N2O. The highest BCUT2D eigenvalue weighted by molar-refractivity contribution is 5.59. The lowest BCUT2D eigenvalue weighted by atomic mass is 9.98. The smallest absolute Gasteiger partial charge is 0.216 e. The highest BCUT2D eigenvalue weighted by Crippen LogP contribution is 2.38. The minimum absolute atomic E-state index is 0.362. The van der Waals surface area contributed by atoms with Crippen molar-refractivity contribution in [3.63, 3.8) is 0 Å². The van der Waals surface area contributed by atoms with E-state index in [4.69, 9.17) is 4.74 Å². The SMILES string of the molecule is c1ccc2c(c1)CC(c1ccnc3c1CCO3)N2. The van der Waals surface area contributed by atoms with Gasteiger partial charge in [-0.25, -0.2) is 4.98 Å². The molecule has 2 aliphatic heterocycles. The quantitative estimate of drug-likeness (QED) is 0.829. The van der Waals surface area contributed by atoms with Crippen LogP contribution in [0.5, 0.6) is 5.88 Å². The van der Waals surface area contributed by atoms with Gasteiger partial charge in [0.2, 0.25) is 5.88 Å². The summed E-state index contributed by atoms with van der Waals surface area (Å²) in [5.74, 6) is 0.824. The van der Waals surface area contributed by atoms with Gasteiger partial charge in [0.15, 0.2) is 0 Å². The van der Waals surface area contributed by atoms with Crippen LogP contribution >= 0.6 is 0 Å². The number of hydrogen-bond donors (Lipinski definition) is 1. The van der Waals surface area contributed by atoms with Crippen LogP contribution < -0.4 is 10.1 Å². The standard InChI is InChI=1S/C15H14N2O/c1-2-4-13-10(3-1)9-14(17-13)11-5-7-16-15-12(11)6-8-18-15/h1-5,7,14,17H,6,8-9H2. The summed E-state index contributed by atoms with van der Waals surface area (Å²) in [6.07, 6.45) is 3.88. The van der Waals surface area contributed by atoms with Crippen molar-refractivity contribution >= 4 is 5.69 Å². The van der Waals surface area contributed by atoms with E-state index in [9.17, 15) is 0 Å². The fourth-order valence-electron chi connectivity index (χ4n) is 2.92. The average molecular weight is 238 g/mol. The van der Waals surface area contributed by atoms with Crippen molar-refractivity contribution < 1.29 is 4.74 Å². The molecule has 3 heteroatoms. The molecule has 1 atom stereocenters. The van der Waals surface area contributed by atoms with E-state index in [2.05, 4.69) is 40.6 Å². The number of benzene rings is 1. The second-order valence-electron chi connectivity index (χ2n) is 4.84. The third-order valence-electron chi connectivity index (χ3n) is 3.79. The lowest BCUT2D eigenvalue weighted by Crippen LogP contribution is -2.08. The topological polar surface area (TPSA) is 34.1 Å². The Bertz CT molecular complexity index is 584. The number of hydrogen-bond acceptors (Lipinski definition) is 3. The van der Waals surface area contributed by atoms with E-state index >= 15 is 0 Å². The van der Waals surface area contributed by atoms with Gasteiger partial charge in [-0.2, -0.15) is 0 Å². The van der Waals surface area contributed by atoms with Gasteiger partial charge in [-0.1, -0.05) is 18.2 Å². The van der Waals surface area contributed by atoms with Gasteiger partial charge in [0.25, 0.3) is 0 Å². The molecule has 0 amide bonds. The van der Waals surface area contributed by atoms with Crippen molar-refractivity contribution in [1.29, 1.82) is 0 Å². The zero-order valence-electron chi connectivity index (χ0n) is 10.0. The van der Waals surface area contributed by atoms with E-state index in [0.29, 0.717) is 6.04 Å². The molecule has 1 aromatic heterocycles. The van der Waals surface area contributed by atoms with Crippen LogP contribution in [0.15, 0.2) is 36.5 Å². The van der Waals surface area contributed by atoms with Crippen molar-refractivity contribution in [2.24, 2.45) is 0 Å². The molecule has 18 heavy (non-hydrogen) atoms. The lowest BCUT2D eigenvalue weighted by molar-refractivity contribution is 0.345. The van der Waals surface area contributed by atoms with Crippen molar-refractivity contribution in [3.05, 3.63) is 53.2 Å². The molecule has 3 heterocycles. The van der Waals surface area contributed by atoms with Crippen LogP contribution in [0.1, 0.15) is 22.7 Å². The molecule has 0 aliphatic carbocycles. The molecule has 4 rings (SSSR count). The molecule has 1 N–H and O–H groups in total. The van der Waals surface area contributed by atoms with E-state index in [-0.39, 0.29) is 0 Å². The molecule has 0 saturated carbocycles. The normalized spacial score (nSPS) is 19.9. The van der Waals surface area contributed by atoms with Gasteiger partial charge in [-0.15, -0.1) is 0 Å². The number of nitrogens with zero attached hydrogens (tertiary/aromatic N) is 1. The maximum atomic E-state index is 5.54. The van der Waals surface area contributed by atoms with Crippen molar-refractivity contribution in [3.8, 4) is 5.88 Å². The fourth-order valence-corrected chi connectivity index (χ4v) is 2.92. The molecule has 3 nitrogen and oxygen atoms in total. The number of nitrogens with one attached hydrogen (secondary N) is 1. The van der Waals surface area contributed by atoms with Crippen LogP contribution in [0, 0.1) is 0 Å². The first-order valence-corrected chi connectivity index (χ1v) is 6.37. The molecule has 0 radical (unpaired) electrons. The van der Waals surface area contributed by atoms with Crippen LogP contribution in [0.25, 0.3) is 0 Å². The molecule has 0 bridgehead atoms. The first-order chi connectivity index (χ1) is 8.92. The predicted octanol–water partition coefficient (Wildman–Crippen LogP) is 2.73. The van der Waals surface area contributed by atoms with Gasteiger partial charge in [0.1, 0.15) is 0 Å². The Labute approximate surface area is 106 Å². The third-order valence-corrected chi connectivity index (χ3v) is 3.79. The molecule has 2 aliphatic rings. The summed E-state index contributed by atoms with van der Waals surface area (Å²) < 4.78 is 5.54. The van der Waals surface area contributed by atoms with Crippen molar-refractivity contribution in [1.82, 2.24) is 4.98 Å². The molecule has 1 unspecified atom stereocenters. The number of anilines is 1. The first-order valence-electron chi connectivity index (χ1n) is 6.37. The Morgan fingerprint density at radius 2 is 2.17 bits per heavy atom. The number of para-hydroxylation sites is 1. The van der Waals surface area contributed by atoms with Crippen LogP contribution in [0.4, 0.5) is 5.69 Å². The summed E-state index contributed by atoms with van der Waals surface area (Å²) in [5.41, 5.74) is 5.27. The third kappa shape index (κ3) is 1.40. The number of rotatable bonds is 1. The summed E-state index contributed by atoms with van der Waals surface area (Å²) in [6, 6.07) is 11.0. The van der Waals surface area contributed by atoms with Crippen LogP contribution in [-0.2, 0) is 12.8 Å². The van der Waals surface area contributed by atoms with Gasteiger partial charge < -0.3 is 10.1 Å². The van der Waals surface area contributed by atoms with Crippen LogP contribution in [0.2, 0.25) is 0 Å². The molecule has 90 valence electrons. The highest BCUT2D eigenvalue weighted by atomic mass is 16.5. The zero-order chi connectivity index (χ0) is 11.9. The maximum Gasteiger partial charge on any atom is 0.216 e. The maximum absolute atomic E-state index is 5.54. The monoisotopic (exact) mass is 238 g/mol. The van der Waals surface area contributed by atoms with Gasteiger partial charge in [-0.05, 0) is 29.7 Å². The largest absolute Gasteiger partial charge is 0.477 e. The first kappa shape index (κ1) is 9.95. The summed E-state index contributed by atoms with van der Waals surface area (Å²) in [4.78, 5) is 4.29. The molecule has 0 spiro atoms. The summed E-state index contributed by atoms with van der Waals surface area (Å²) >= 11 is 0. The molecule has 0 fully saturated rings. The van der Waals surface area contributed by atoms with Crippen LogP contribution in [0.3, 0.4) is 0 Å². The van der Waals surface area contributed by atoms with E-state index in [1.54, 1.807) is 0 Å². The van der Waals surface area contributed by atoms with Gasteiger partial charge in [0, 0.05) is 23.9 Å². The molecule has 1 aromatic carbocycles. The molecular weight excluding hydrogens is 224 g/mol. The average Bonchev–Trinajstić information content (AvgIpc) is 3.04. The Morgan fingerprint density at radius 1 is 1.22 bits per heavy atom. The Hall–Kier alpha value is -2.03. The van der Waals surface area contributed by atoms with E-state index in [1.807, 2.05) is 6.20 Å². The second kappa shape index (κ2) is 3.73. The Balaban J connectivity index is 1.73. The van der Waals surface area contributed by atoms with E-state index in [1.165, 1.54) is 22.4 Å². The van der Waals surface area contributed by atoms with Gasteiger partial charge in [-0.3, -0.25) is 0 Å². The Kier molecular flexibility index (Phi) is 2.06. The number of pyridine rings is 1. The second-order valence-corrected chi connectivity index (χ2v) is 4.84. The Morgan fingerprint density at radius 3 is 3.11 bits per heavy atom. The summed E-state index contributed by atoms with van der Waals surface area (Å²) in [6.45, 7) is 0.763. The number of fused-ring (bicyclic) bond motifs is 2. The minimum atomic E-state index is 0.362. The highest BCUT2D eigenvalue weighted by Gasteiger charge is 2.27. The molecule has 0 saturated heterocycles. The van der Waals surface area contributed by atoms with E-state index < -0.39 is 0 Å². The number of ether oxygens (including phenoxy) is 1. The van der Waals surface area contributed by atoms with Gasteiger partial charge in [0.05, 0.1) is 12.6 Å². The zero-order valence-corrected chi connectivity index (χ0v) is 10.0. The predicted molar refractivity (Wildman–Crippen MR) is 69.9 cm³/mol. The molecule has 2 aromatic rings. The van der Waals surface area contributed by atoms with Crippen molar-refractivity contribution in [2.75, 3.05) is 11.9 Å². The summed E-state index contributed by atoms with van der Waals surface area (Å²) in [7, 11) is 0. The van der Waals surface area contributed by atoms with E-state index in [0.717, 1.165) is 25.3 Å².